The summed E-state index contributed by atoms with van der Waals surface area (Å²) in [7, 11) is 0. The van der Waals surface area contributed by atoms with E-state index in [1.54, 1.807) is 6.07 Å². The molecule has 7 heteroatoms. The first-order chi connectivity index (χ1) is 14.5. The van der Waals surface area contributed by atoms with E-state index in [1.807, 2.05) is 24.3 Å². The molecule has 0 aromatic heterocycles. The number of nitro benzene ring substituents is 1. The van der Waals surface area contributed by atoms with Crippen LogP contribution in [-0.2, 0) is 13.2 Å². The first-order valence-electron chi connectivity index (χ1n) is 9.67. The van der Waals surface area contributed by atoms with Crippen molar-refractivity contribution in [3.05, 3.63) is 98.6 Å². The molecule has 0 aliphatic carbocycles. The second-order valence-electron chi connectivity index (χ2n) is 6.94. The third-order valence-electron chi connectivity index (χ3n) is 4.56. The summed E-state index contributed by atoms with van der Waals surface area (Å²) in [6, 6.07) is 20.7. The molecule has 156 valence electrons. The maximum Gasteiger partial charge on any atom is 0.271 e. The highest BCUT2D eigenvalue weighted by Gasteiger charge is 2.08. The van der Waals surface area contributed by atoms with Gasteiger partial charge in [0.25, 0.3) is 5.69 Å². The number of anilines is 1. The molecule has 0 aliphatic rings. The zero-order chi connectivity index (χ0) is 21.3. The van der Waals surface area contributed by atoms with Crippen LogP contribution in [0.1, 0.15) is 16.7 Å². The summed E-state index contributed by atoms with van der Waals surface area (Å²) in [5.74, 6) is 0.841. The second kappa shape index (κ2) is 10.6. The van der Waals surface area contributed by atoms with Crippen molar-refractivity contribution in [3.63, 3.8) is 0 Å². The van der Waals surface area contributed by atoms with E-state index in [2.05, 4.69) is 41.8 Å². The molecule has 0 spiro atoms. The molecule has 0 unspecified atom stereocenters. The standard InChI is InChI=1S/C23H24ClN3O3/c1-17-2-4-19(5-3-17)16-30-21-9-6-18(7-10-21)15-25-12-13-26-23-11-8-20(27(28)29)14-22(23)24/h2-11,14,25-26H,12-13,15-16H2,1H3. The predicted octanol–water partition coefficient (Wildman–Crippen LogP) is 5.34. The van der Waals surface area contributed by atoms with E-state index in [-0.39, 0.29) is 5.69 Å². The minimum absolute atomic E-state index is 0.0185. The average Bonchev–Trinajstić information content (AvgIpc) is 2.75. The van der Waals surface area contributed by atoms with Crippen LogP contribution in [0.25, 0.3) is 0 Å². The van der Waals surface area contributed by atoms with Crippen molar-refractivity contribution in [1.29, 1.82) is 0 Å². The summed E-state index contributed by atoms with van der Waals surface area (Å²) in [5.41, 5.74) is 4.20. The Morgan fingerprint density at radius 1 is 0.967 bits per heavy atom. The Labute approximate surface area is 181 Å². The number of halogens is 1. The van der Waals surface area contributed by atoms with Crippen LogP contribution in [0.2, 0.25) is 5.02 Å². The van der Waals surface area contributed by atoms with E-state index >= 15 is 0 Å². The first-order valence-corrected chi connectivity index (χ1v) is 10.0. The van der Waals surface area contributed by atoms with Crippen molar-refractivity contribution in [2.75, 3.05) is 18.4 Å². The molecule has 0 bridgehead atoms. The maximum absolute atomic E-state index is 10.7. The quantitative estimate of drug-likeness (QED) is 0.260. The van der Waals surface area contributed by atoms with E-state index < -0.39 is 4.92 Å². The van der Waals surface area contributed by atoms with Gasteiger partial charge in [0.2, 0.25) is 0 Å². The molecule has 0 heterocycles. The van der Waals surface area contributed by atoms with E-state index in [0.717, 1.165) is 30.0 Å². The molecule has 3 rings (SSSR count). The fourth-order valence-electron chi connectivity index (χ4n) is 2.83. The van der Waals surface area contributed by atoms with Gasteiger partial charge in [0, 0.05) is 31.8 Å². The molecule has 0 amide bonds. The highest BCUT2D eigenvalue weighted by Crippen LogP contribution is 2.26. The predicted molar refractivity (Wildman–Crippen MR) is 120 cm³/mol. The van der Waals surface area contributed by atoms with Gasteiger partial charge in [0.05, 0.1) is 15.6 Å². The Bertz CT molecular complexity index is 976. The van der Waals surface area contributed by atoms with Crippen molar-refractivity contribution in [1.82, 2.24) is 5.32 Å². The third-order valence-corrected chi connectivity index (χ3v) is 4.87. The van der Waals surface area contributed by atoms with Crippen LogP contribution in [0.5, 0.6) is 5.75 Å². The zero-order valence-electron chi connectivity index (χ0n) is 16.7. The highest BCUT2D eigenvalue weighted by molar-refractivity contribution is 6.33. The van der Waals surface area contributed by atoms with E-state index in [0.29, 0.717) is 23.9 Å². The van der Waals surface area contributed by atoms with Gasteiger partial charge in [-0.15, -0.1) is 0 Å². The number of rotatable bonds is 10. The SMILES string of the molecule is Cc1ccc(COc2ccc(CNCCNc3ccc([N+](=O)[O-])cc3Cl)cc2)cc1. The lowest BCUT2D eigenvalue weighted by molar-refractivity contribution is -0.384. The van der Waals surface area contributed by atoms with Gasteiger partial charge in [-0.1, -0.05) is 53.6 Å². The Morgan fingerprint density at radius 2 is 1.67 bits per heavy atom. The van der Waals surface area contributed by atoms with Gasteiger partial charge in [0.15, 0.2) is 0 Å². The van der Waals surface area contributed by atoms with E-state index in [1.165, 1.54) is 17.7 Å². The molecule has 0 aliphatic heterocycles. The molecule has 30 heavy (non-hydrogen) atoms. The van der Waals surface area contributed by atoms with E-state index in [4.69, 9.17) is 16.3 Å². The summed E-state index contributed by atoms with van der Waals surface area (Å²) in [4.78, 5) is 10.3. The lowest BCUT2D eigenvalue weighted by Crippen LogP contribution is -2.21. The fraction of sp³-hybridized carbons (Fsp3) is 0.217. The monoisotopic (exact) mass is 425 g/mol. The number of ether oxygens (including phenoxy) is 1. The number of hydrogen-bond donors (Lipinski definition) is 2. The number of nitrogens with one attached hydrogen (secondary N) is 2. The van der Waals surface area contributed by atoms with E-state index in [9.17, 15) is 10.1 Å². The summed E-state index contributed by atoms with van der Waals surface area (Å²) >= 11 is 6.07. The van der Waals surface area contributed by atoms with Crippen molar-refractivity contribution in [3.8, 4) is 5.75 Å². The van der Waals surface area contributed by atoms with Crippen molar-refractivity contribution >= 4 is 23.0 Å². The van der Waals surface area contributed by atoms with Crippen LogP contribution in [-0.4, -0.2) is 18.0 Å². The van der Waals surface area contributed by atoms with Gasteiger partial charge in [0.1, 0.15) is 12.4 Å². The molecule has 0 radical (unpaired) electrons. The normalized spacial score (nSPS) is 10.6. The van der Waals surface area contributed by atoms with Crippen LogP contribution < -0.4 is 15.4 Å². The van der Waals surface area contributed by atoms with Gasteiger partial charge in [-0.2, -0.15) is 0 Å². The molecule has 0 saturated heterocycles. The van der Waals surface area contributed by atoms with Crippen molar-refractivity contribution < 1.29 is 9.66 Å². The molecule has 3 aromatic rings. The second-order valence-corrected chi connectivity index (χ2v) is 7.35. The smallest absolute Gasteiger partial charge is 0.271 e. The van der Waals surface area contributed by atoms with Gasteiger partial charge in [-0.25, -0.2) is 0 Å². The number of benzene rings is 3. The summed E-state index contributed by atoms with van der Waals surface area (Å²) in [5, 5.41) is 17.6. The summed E-state index contributed by atoms with van der Waals surface area (Å²) < 4.78 is 5.83. The van der Waals surface area contributed by atoms with Crippen LogP contribution in [0.3, 0.4) is 0 Å². The van der Waals surface area contributed by atoms with Gasteiger partial charge in [-0.3, -0.25) is 10.1 Å². The largest absolute Gasteiger partial charge is 0.489 e. The first kappa shape index (κ1) is 21.6. The molecule has 3 aromatic carbocycles. The topological polar surface area (TPSA) is 76.4 Å². The number of non-ortho nitro benzene ring substituents is 1. The molecule has 6 nitrogen and oxygen atoms in total. The molecule has 0 atom stereocenters. The lowest BCUT2D eigenvalue weighted by atomic mass is 10.2. The summed E-state index contributed by atoms with van der Waals surface area (Å²) in [6.07, 6.45) is 0. The molecular formula is C23H24ClN3O3. The number of aryl methyl sites for hydroxylation is 1. The van der Waals surface area contributed by atoms with Crippen molar-refractivity contribution in [2.24, 2.45) is 0 Å². The van der Waals surface area contributed by atoms with Crippen LogP contribution >= 0.6 is 11.6 Å². The molecule has 0 fully saturated rings. The average molecular weight is 426 g/mol. The van der Waals surface area contributed by atoms with Crippen LogP contribution in [0, 0.1) is 17.0 Å². The van der Waals surface area contributed by atoms with Crippen molar-refractivity contribution in [2.45, 2.75) is 20.1 Å². The van der Waals surface area contributed by atoms with Crippen LogP contribution in [0.4, 0.5) is 11.4 Å². The molecule has 2 N–H and O–H groups in total. The minimum Gasteiger partial charge on any atom is -0.489 e. The Morgan fingerprint density at radius 3 is 2.33 bits per heavy atom. The Kier molecular flexibility index (Phi) is 7.65. The Hall–Kier alpha value is -3.09. The number of nitrogens with zero attached hydrogens (tertiary/aromatic N) is 1. The third kappa shape index (κ3) is 6.47. The highest BCUT2D eigenvalue weighted by atomic mass is 35.5. The van der Waals surface area contributed by atoms with Gasteiger partial charge >= 0.3 is 0 Å². The summed E-state index contributed by atoms with van der Waals surface area (Å²) in [6.45, 7) is 4.72. The van der Waals surface area contributed by atoms with Gasteiger partial charge in [-0.05, 0) is 36.2 Å². The number of nitro groups is 1. The molecular weight excluding hydrogens is 402 g/mol. The molecule has 0 saturated carbocycles. The Balaban J connectivity index is 1.37. The van der Waals surface area contributed by atoms with Crippen LogP contribution in [0.15, 0.2) is 66.7 Å². The number of hydrogen-bond acceptors (Lipinski definition) is 5. The van der Waals surface area contributed by atoms with Gasteiger partial charge < -0.3 is 15.4 Å². The lowest BCUT2D eigenvalue weighted by Gasteiger charge is -2.10. The minimum atomic E-state index is -0.462. The zero-order valence-corrected chi connectivity index (χ0v) is 17.5. The maximum atomic E-state index is 10.7. The fourth-order valence-corrected chi connectivity index (χ4v) is 3.08.